The minimum absolute atomic E-state index is 0.0457. The molecule has 2 unspecified atom stereocenters. The summed E-state index contributed by atoms with van der Waals surface area (Å²) >= 11 is 0. The lowest BCUT2D eigenvalue weighted by molar-refractivity contribution is -0.125. The number of ether oxygens (including phenoxy) is 1. The molecule has 1 aliphatic carbocycles. The number of imidazole rings is 1. The molecule has 1 amide bonds. The lowest BCUT2D eigenvalue weighted by Gasteiger charge is -2.22. The number of nitrogens with one attached hydrogen (secondary N) is 1. The molecule has 5 nitrogen and oxygen atoms in total. The molecule has 1 fully saturated rings. The number of amides is 1. The average molecular weight is 313 g/mol. The smallest absolute Gasteiger partial charge is 0.223 e. The van der Waals surface area contributed by atoms with Gasteiger partial charge in [0.15, 0.2) is 0 Å². The van der Waals surface area contributed by atoms with Gasteiger partial charge in [0.2, 0.25) is 5.91 Å². The number of rotatable bonds is 3. The molecular weight excluding hydrogens is 290 g/mol. The van der Waals surface area contributed by atoms with Crippen molar-refractivity contribution in [1.29, 1.82) is 0 Å². The van der Waals surface area contributed by atoms with Crippen molar-refractivity contribution < 1.29 is 9.53 Å². The molecule has 1 saturated heterocycles. The largest absolute Gasteiger partial charge is 0.376 e. The van der Waals surface area contributed by atoms with Gasteiger partial charge < -0.3 is 14.5 Å². The number of nitrogens with zero attached hydrogens (tertiary/aromatic N) is 2. The Bertz CT molecular complexity index is 731. The van der Waals surface area contributed by atoms with Crippen molar-refractivity contribution in [3.05, 3.63) is 35.3 Å². The van der Waals surface area contributed by atoms with E-state index in [-0.39, 0.29) is 17.9 Å². The molecular formula is C18H23N3O2. The Hall–Kier alpha value is -1.88. The van der Waals surface area contributed by atoms with Crippen LogP contribution in [0.15, 0.2) is 18.3 Å². The standard InChI is InChI=1S/C18H23N3O2/c1-12-4-7-17-20-15-6-5-13(9-16(15)21(17)11-12)18(22)19-10-14-3-2-8-23-14/h4,7,11,13-14H,2-3,5-6,8-10H2,1H3,(H,19,22). The Morgan fingerprint density at radius 3 is 3.17 bits per heavy atom. The van der Waals surface area contributed by atoms with E-state index < -0.39 is 0 Å². The Kier molecular flexibility index (Phi) is 3.81. The quantitative estimate of drug-likeness (QED) is 0.943. The molecule has 2 aromatic heterocycles. The van der Waals surface area contributed by atoms with Gasteiger partial charge in [-0.05, 0) is 44.2 Å². The monoisotopic (exact) mass is 313 g/mol. The summed E-state index contributed by atoms with van der Waals surface area (Å²) in [5, 5.41) is 3.08. The summed E-state index contributed by atoms with van der Waals surface area (Å²) in [6, 6.07) is 4.14. The Morgan fingerprint density at radius 2 is 2.35 bits per heavy atom. The van der Waals surface area contributed by atoms with Gasteiger partial charge >= 0.3 is 0 Å². The minimum Gasteiger partial charge on any atom is -0.376 e. The molecule has 23 heavy (non-hydrogen) atoms. The van der Waals surface area contributed by atoms with Crippen LogP contribution in [0.1, 0.15) is 36.2 Å². The number of carbonyl (C=O) groups is 1. The van der Waals surface area contributed by atoms with Gasteiger partial charge in [0.05, 0.1) is 11.8 Å². The van der Waals surface area contributed by atoms with Crippen LogP contribution < -0.4 is 5.32 Å². The van der Waals surface area contributed by atoms with Crippen molar-refractivity contribution in [1.82, 2.24) is 14.7 Å². The summed E-state index contributed by atoms with van der Waals surface area (Å²) in [6.07, 6.45) is 7.03. The molecule has 1 aliphatic heterocycles. The zero-order valence-electron chi connectivity index (χ0n) is 13.5. The van der Waals surface area contributed by atoms with Crippen molar-refractivity contribution in [2.24, 2.45) is 5.92 Å². The van der Waals surface area contributed by atoms with E-state index in [2.05, 4.69) is 35.0 Å². The van der Waals surface area contributed by atoms with Crippen LogP contribution in [0.3, 0.4) is 0 Å². The molecule has 5 heteroatoms. The molecule has 0 bridgehead atoms. The topological polar surface area (TPSA) is 55.6 Å². The lowest BCUT2D eigenvalue weighted by Crippen LogP contribution is -2.38. The van der Waals surface area contributed by atoms with Crippen LogP contribution in [0.4, 0.5) is 0 Å². The highest BCUT2D eigenvalue weighted by Crippen LogP contribution is 2.27. The van der Waals surface area contributed by atoms with E-state index in [4.69, 9.17) is 9.72 Å². The van der Waals surface area contributed by atoms with Gasteiger partial charge in [0.25, 0.3) is 0 Å². The summed E-state index contributed by atoms with van der Waals surface area (Å²) < 4.78 is 7.73. The van der Waals surface area contributed by atoms with Crippen molar-refractivity contribution in [3.8, 4) is 0 Å². The first kappa shape index (κ1) is 14.7. The number of fused-ring (bicyclic) bond motifs is 3. The molecule has 0 spiro atoms. The van der Waals surface area contributed by atoms with Crippen LogP contribution in [-0.2, 0) is 22.4 Å². The summed E-state index contributed by atoms with van der Waals surface area (Å²) in [6.45, 7) is 3.56. The number of aromatic nitrogens is 2. The summed E-state index contributed by atoms with van der Waals surface area (Å²) in [7, 11) is 0. The second kappa shape index (κ2) is 5.96. The zero-order valence-corrected chi connectivity index (χ0v) is 13.5. The second-order valence-electron chi connectivity index (χ2n) is 6.76. The predicted molar refractivity (Wildman–Crippen MR) is 87.4 cm³/mol. The van der Waals surface area contributed by atoms with Crippen molar-refractivity contribution in [3.63, 3.8) is 0 Å². The van der Waals surface area contributed by atoms with E-state index in [0.29, 0.717) is 6.54 Å². The van der Waals surface area contributed by atoms with E-state index in [1.54, 1.807) is 0 Å². The van der Waals surface area contributed by atoms with Gasteiger partial charge in [0.1, 0.15) is 5.65 Å². The van der Waals surface area contributed by atoms with Crippen molar-refractivity contribution in [2.45, 2.75) is 45.1 Å². The predicted octanol–water partition coefficient (Wildman–Crippen LogP) is 2.04. The Morgan fingerprint density at radius 1 is 1.43 bits per heavy atom. The maximum Gasteiger partial charge on any atom is 0.223 e. The SMILES string of the molecule is Cc1ccc2nc3c(n2c1)CC(C(=O)NCC1CCCO1)CC3. The van der Waals surface area contributed by atoms with Crippen molar-refractivity contribution >= 4 is 11.6 Å². The van der Waals surface area contributed by atoms with Gasteiger partial charge in [-0.2, -0.15) is 0 Å². The summed E-state index contributed by atoms with van der Waals surface area (Å²) in [4.78, 5) is 17.2. The normalized spacial score (nSPS) is 23.9. The van der Waals surface area contributed by atoms with Crippen LogP contribution in [0.2, 0.25) is 0 Å². The highest BCUT2D eigenvalue weighted by atomic mass is 16.5. The van der Waals surface area contributed by atoms with Crippen LogP contribution in [0, 0.1) is 12.8 Å². The Balaban J connectivity index is 1.47. The maximum absolute atomic E-state index is 12.5. The van der Waals surface area contributed by atoms with Gasteiger partial charge in [-0.25, -0.2) is 4.98 Å². The van der Waals surface area contributed by atoms with Crippen LogP contribution in [0.5, 0.6) is 0 Å². The number of aryl methyl sites for hydroxylation is 2. The lowest BCUT2D eigenvalue weighted by atomic mass is 9.89. The van der Waals surface area contributed by atoms with Crippen LogP contribution in [0.25, 0.3) is 5.65 Å². The molecule has 0 saturated carbocycles. The minimum atomic E-state index is 0.0457. The first-order valence-electron chi connectivity index (χ1n) is 8.56. The number of carbonyl (C=O) groups excluding carboxylic acids is 1. The molecule has 2 aliphatic rings. The first-order valence-corrected chi connectivity index (χ1v) is 8.56. The van der Waals surface area contributed by atoms with Gasteiger partial charge in [-0.15, -0.1) is 0 Å². The number of hydrogen-bond donors (Lipinski definition) is 1. The second-order valence-corrected chi connectivity index (χ2v) is 6.76. The highest BCUT2D eigenvalue weighted by Gasteiger charge is 2.28. The van der Waals surface area contributed by atoms with E-state index in [0.717, 1.165) is 50.1 Å². The maximum atomic E-state index is 12.5. The average Bonchev–Trinajstić information content (AvgIpc) is 3.19. The molecule has 4 rings (SSSR count). The number of hydrogen-bond acceptors (Lipinski definition) is 3. The number of pyridine rings is 1. The molecule has 122 valence electrons. The molecule has 0 aromatic carbocycles. The third-order valence-electron chi connectivity index (χ3n) is 5.02. The fourth-order valence-corrected chi connectivity index (χ4v) is 3.70. The van der Waals surface area contributed by atoms with Gasteiger partial charge in [-0.3, -0.25) is 4.79 Å². The summed E-state index contributed by atoms with van der Waals surface area (Å²) in [5.74, 6) is 0.207. The van der Waals surface area contributed by atoms with Gasteiger partial charge in [0, 0.05) is 37.4 Å². The zero-order chi connectivity index (χ0) is 15.8. The third-order valence-corrected chi connectivity index (χ3v) is 5.02. The fraction of sp³-hybridized carbons (Fsp3) is 0.556. The molecule has 0 radical (unpaired) electrons. The van der Waals surface area contributed by atoms with E-state index in [1.165, 1.54) is 11.3 Å². The highest BCUT2D eigenvalue weighted by molar-refractivity contribution is 5.79. The van der Waals surface area contributed by atoms with E-state index in [9.17, 15) is 4.79 Å². The van der Waals surface area contributed by atoms with E-state index >= 15 is 0 Å². The Labute approximate surface area is 136 Å². The molecule has 2 atom stereocenters. The van der Waals surface area contributed by atoms with Gasteiger partial charge in [-0.1, -0.05) is 6.07 Å². The first-order chi connectivity index (χ1) is 11.2. The van der Waals surface area contributed by atoms with Crippen LogP contribution >= 0.6 is 0 Å². The fourth-order valence-electron chi connectivity index (χ4n) is 3.70. The summed E-state index contributed by atoms with van der Waals surface area (Å²) in [5.41, 5.74) is 4.55. The molecule has 3 heterocycles. The van der Waals surface area contributed by atoms with E-state index in [1.807, 2.05) is 0 Å². The third kappa shape index (κ3) is 2.85. The van der Waals surface area contributed by atoms with Crippen LogP contribution in [-0.4, -0.2) is 34.5 Å². The molecule has 1 N–H and O–H groups in total. The van der Waals surface area contributed by atoms with Crippen molar-refractivity contribution in [2.75, 3.05) is 13.2 Å². The molecule has 2 aromatic rings.